The van der Waals surface area contributed by atoms with Crippen LogP contribution in [0.3, 0.4) is 0 Å². The largest absolute Gasteiger partial charge is 0.463 e. The predicted molar refractivity (Wildman–Crippen MR) is 107 cm³/mol. The third-order valence-electron chi connectivity index (χ3n) is 4.85. The van der Waals surface area contributed by atoms with Gasteiger partial charge in [-0.05, 0) is 36.6 Å². The fourth-order valence-corrected chi connectivity index (χ4v) is 3.31. The molecule has 6 nitrogen and oxygen atoms in total. The number of furan rings is 1. The second-order valence-electron chi connectivity index (χ2n) is 6.96. The average molecular weight is 395 g/mol. The van der Waals surface area contributed by atoms with Gasteiger partial charge in [-0.15, -0.1) is 0 Å². The van der Waals surface area contributed by atoms with Gasteiger partial charge in [0.1, 0.15) is 11.5 Å². The molecule has 0 aliphatic rings. The second-order valence-corrected chi connectivity index (χ2v) is 9.05. The molecule has 0 amide bonds. The van der Waals surface area contributed by atoms with Gasteiger partial charge < -0.3 is 9.52 Å². The fourth-order valence-electron chi connectivity index (χ4n) is 2.95. The van der Waals surface area contributed by atoms with Crippen molar-refractivity contribution in [1.29, 1.82) is 0 Å². The van der Waals surface area contributed by atoms with Crippen molar-refractivity contribution in [2.45, 2.75) is 45.9 Å². The first-order valence-electron chi connectivity index (χ1n) is 9.13. The molecule has 1 aromatic carbocycles. The molecule has 2 rings (SSSR count). The lowest BCUT2D eigenvalue weighted by atomic mass is 10.1. The van der Waals surface area contributed by atoms with Gasteiger partial charge in [0.05, 0.1) is 26.0 Å². The third kappa shape index (κ3) is 6.17. The lowest BCUT2D eigenvalue weighted by molar-refractivity contribution is 0.0991. The van der Waals surface area contributed by atoms with Crippen LogP contribution in [0, 0.1) is 6.92 Å². The molecule has 150 valence electrons. The number of aliphatic hydroxyl groups excluding tert-OH is 1. The molecule has 0 bridgehead atoms. The number of aryl methyl sites for hydroxylation is 1. The van der Waals surface area contributed by atoms with Crippen LogP contribution in [-0.2, 0) is 29.7 Å². The topological polar surface area (TPSA) is 74.0 Å². The number of hydrogen-bond acceptors (Lipinski definition) is 5. The number of benzene rings is 1. The van der Waals surface area contributed by atoms with Gasteiger partial charge in [-0.3, -0.25) is 4.90 Å². The Morgan fingerprint density at radius 1 is 1.07 bits per heavy atom. The van der Waals surface area contributed by atoms with Crippen molar-refractivity contribution in [2.75, 3.05) is 19.9 Å². The molecule has 0 saturated heterocycles. The minimum atomic E-state index is -3.25. The monoisotopic (exact) mass is 394 g/mol. The Hall–Kier alpha value is -1.67. The van der Waals surface area contributed by atoms with E-state index in [1.165, 1.54) is 28.7 Å². The maximum absolute atomic E-state index is 11.6. The summed E-state index contributed by atoms with van der Waals surface area (Å²) in [5, 5.41) is 9.79. The lowest BCUT2D eigenvalue weighted by Gasteiger charge is -2.29. The minimum absolute atomic E-state index is 0.0249. The van der Waals surface area contributed by atoms with Crippen LogP contribution in [0.25, 0.3) is 0 Å². The van der Waals surface area contributed by atoms with Crippen LogP contribution in [0.5, 0.6) is 0 Å². The van der Waals surface area contributed by atoms with E-state index in [4.69, 9.17) is 4.42 Å². The Kier molecular flexibility index (Phi) is 7.61. The summed E-state index contributed by atoms with van der Waals surface area (Å²) in [6.07, 6.45) is 2.00. The highest BCUT2D eigenvalue weighted by Gasteiger charge is 2.20. The van der Waals surface area contributed by atoms with E-state index >= 15 is 0 Å². The van der Waals surface area contributed by atoms with Crippen LogP contribution in [0.15, 0.2) is 40.8 Å². The molecule has 1 N–H and O–H groups in total. The smallest absolute Gasteiger partial charge is 0.211 e. The summed E-state index contributed by atoms with van der Waals surface area (Å²) in [5.74, 6) is 1.36. The molecule has 1 atom stereocenters. The van der Waals surface area contributed by atoms with Crippen molar-refractivity contribution in [1.82, 2.24) is 9.21 Å². The number of aliphatic hydroxyl groups is 1. The zero-order valence-electron chi connectivity index (χ0n) is 16.6. The van der Waals surface area contributed by atoms with Crippen molar-refractivity contribution < 1.29 is 17.9 Å². The van der Waals surface area contributed by atoms with Gasteiger partial charge in [0.15, 0.2) is 0 Å². The summed E-state index contributed by atoms with van der Waals surface area (Å²) in [6, 6.07) is 11.9. The molecular formula is C20H30N2O4S. The molecule has 0 aliphatic heterocycles. The van der Waals surface area contributed by atoms with Gasteiger partial charge in [-0.1, -0.05) is 31.2 Å². The zero-order valence-corrected chi connectivity index (χ0v) is 17.4. The van der Waals surface area contributed by atoms with Gasteiger partial charge in [-0.25, -0.2) is 8.42 Å². The summed E-state index contributed by atoms with van der Waals surface area (Å²) in [4.78, 5) is 2.20. The van der Waals surface area contributed by atoms with E-state index in [9.17, 15) is 13.5 Å². The molecule has 7 heteroatoms. The molecule has 1 heterocycles. The first-order valence-corrected chi connectivity index (χ1v) is 11.0. The summed E-state index contributed by atoms with van der Waals surface area (Å²) in [6.45, 7) is 5.68. The van der Waals surface area contributed by atoms with Crippen LogP contribution >= 0.6 is 0 Å². The summed E-state index contributed by atoms with van der Waals surface area (Å²) in [5.41, 5.74) is 2.43. The third-order valence-corrected chi connectivity index (χ3v) is 6.12. The van der Waals surface area contributed by atoms with Crippen molar-refractivity contribution in [3.8, 4) is 0 Å². The Bertz CT molecular complexity index is 828. The number of nitrogens with zero attached hydrogens (tertiary/aromatic N) is 2. The quantitative estimate of drug-likeness (QED) is 0.671. The molecule has 0 unspecified atom stereocenters. The standard InChI is InChI=1S/C20H30N2O4S/c1-5-18(15-23)22(12-17-9-7-6-8-16(17)2)14-20-11-10-19(26-20)13-21(3)27(4,24)25/h6-11,18,23H,5,12-15H2,1-4H3/t18-/m0/s1. The summed E-state index contributed by atoms with van der Waals surface area (Å²) in [7, 11) is -1.72. The minimum Gasteiger partial charge on any atom is -0.463 e. The van der Waals surface area contributed by atoms with E-state index in [2.05, 4.69) is 30.9 Å². The van der Waals surface area contributed by atoms with Crippen LogP contribution < -0.4 is 0 Å². The Labute approximate surface area is 162 Å². The average Bonchev–Trinajstić information content (AvgIpc) is 3.04. The number of sulfonamides is 1. The Morgan fingerprint density at radius 2 is 1.70 bits per heavy atom. The zero-order chi connectivity index (χ0) is 20.0. The molecular weight excluding hydrogens is 364 g/mol. The normalized spacial score (nSPS) is 13.4. The predicted octanol–water partition coefficient (Wildman–Crippen LogP) is 2.75. The van der Waals surface area contributed by atoms with E-state index in [0.717, 1.165) is 12.2 Å². The number of hydrogen-bond donors (Lipinski definition) is 1. The molecule has 27 heavy (non-hydrogen) atoms. The van der Waals surface area contributed by atoms with Gasteiger partial charge >= 0.3 is 0 Å². The molecule has 0 aliphatic carbocycles. The fraction of sp³-hybridized carbons (Fsp3) is 0.500. The summed E-state index contributed by atoms with van der Waals surface area (Å²) >= 11 is 0. The van der Waals surface area contributed by atoms with Crippen LogP contribution in [0.4, 0.5) is 0 Å². The second kappa shape index (κ2) is 9.50. The molecule has 0 saturated carbocycles. The van der Waals surface area contributed by atoms with E-state index in [1.54, 1.807) is 0 Å². The first kappa shape index (κ1) is 21.6. The maximum Gasteiger partial charge on any atom is 0.211 e. The van der Waals surface area contributed by atoms with Crippen molar-refractivity contribution in [3.05, 3.63) is 59.0 Å². The lowest BCUT2D eigenvalue weighted by Crippen LogP contribution is -2.36. The molecule has 2 aromatic rings. The molecule has 0 fully saturated rings. The Morgan fingerprint density at radius 3 is 2.26 bits per heavy atom. The van der Waals surface area contributed by atoms with Crippen molar-refractivity contribution >= 4 is 10.0 Å². The van der Waals surface area contributed by atoms with E-state index in [-0.39, 0.29) is 19.2 Å². The molecule has 1 aromatic heterocycles. The first-order chi connectivity index (χ1) is 12.7. The maximum atomic E-state index is 11.6. The highest BCUT2D eigenvalue weighted by atomic mass is 32.2. The molecule has 0 radical (unpaired) electrons. The van der Waals surface area contributed by atoms with E-state index in [0.29, 0.717) is 18.8 Å². The number of rotatable bonds is 10. The van der Waals surface area contributed by atoms with Crippen LogP contribution in [-0.4, -0.2) is 48.7 Å². The van der Waals surface area contributed by atoms with Gasteiger partial charge in [0.2, 0.25) is 10.0 Å². The van der Waals surface area contributed by atoms with E-state index in [1.807, 2.05) is 24.3 Å². The van der Waals surface area contributed by atoms with Crippen LogP contribution in [0.1, 0.15) is 36.0 Å². The van der Waals surface area contributed by atoms with E-state index < -0.39 is 10.0 Å². The Balaban J connectivity index is 2.15. The summed E-state index contributed by atoms with van der Waals surface area (Å²) < 4.78 is 30.3. The highest BCUT2D eigenvalue weighted by Crippen LogP contribution is 2.19. The van der Waals surface area contributed by atoms with Gasteiger partial charge in [-0.2, -0.15) is 4.31 Å². The van der Waals surface area contributed by atoms with Gasteiger partial charge in [0, 0.05) is 19.6 Å². The SMILES string of the molecule is CC[C@@H](CO)N(Cc1ccc(CN(C)S(C)(=O)=O)o1)Cc1ccccc1C. The van der Waals surface area contributed by atoms with Crippen molar-refractivity contribution in [2.24, 2.45) is 0 Å². The molecule has 0 spiro atoms. The van der Waals surface area contributed by atoms with Gasteiger partial charge in [0.25, 0.3) is 0 Å². The highest BCUT2D eigenvalue weighted by molar-refractivity contribution is 7.88. The van der Waals surface area contributed by atoms with Crippen LogP contribution in [0.2, 0.25) is 0 Å². The van der Waals surface area contributed by atoms with Crippen molar-refractivity contribution in [3.63, 3.8) is 0 Å².